The van der Waals surface area contributed by atoms with Crippen LogP contribution >= 0.6 is 0 Å². The molecule has 0 amide bonds. The molecule has 0 aromatic rings. The Morgan fingerprint density at radius 3 is 2.21 bits per heavy atom. The molecule has 10 heteroatoms. The first-order valence-corrected chi connectivity index (χ1v) is 25.3. The molecule has 0 N–H and O–H groups in total. The van der Waals surface area contributed by atoms with Gasteiger partial charge < -0.3 is 22.8 Å². The van der Waals surface area contributed by atoms with Crippen LogP contribution in [-0.2, 0) is 32.3 Å². The topological polar surface area (TPSA) is 80.3 Å². The molecule has 4 saturated carbocycles. The average molecular weight is 597 g/mol. The van der Waals surface area contributed by atoms with Crippen LogP contribution in [0.4, 0.5) is 0 Å². The minimum atomic E-state index is -1.96. The molecule has 5 rings (SSSR count). The molecule has 4 bridgehead atoms. The molecule has 0 aromatic heterocycles. The Bertz CT molecular complexity index is 1030. The summed E-state index contributed by atoms with van der Waals surface area (Å²) in [6, 6.07) is 0. The van der Waals surface area contributed by atoms with E-state index >= 15 is 0 Å². The van der Waals surface area contributed by atoms with Crippen molar-refractivity contribution in [3.05, 3.63) is 0 Å². The summed E-state index contributed by atoms with van der Waals surface area (Å²) in [4.78, 5) is 27.9. The normalized spacial score (nSPS) is 45.1. The van der Waals surface area contributed by atoms with E-state index in [9.17, 15) is 9.59 Å². The molecule has 0 radical (unpaired) electrons. The quantitative estimate of drug-likeness (QED) is 0.252. The van der Waals surface area contributed by atoms with E-state index in [4.69, 9.17) is 22.8 Å². The second-order valence-electron chi connectivity index (χ2n) is 16.5. The fraction of sp³-hybridized carbons (Fsp3) is 0.931. The van der Waals surface area contributed by atoms with Crippen molar-refractivity contribution in [2.24, 2.45) is 34.5 Å². The Morgan fingerprint density at radius 1 is 0.974 bits per heavy atom. The largest absolute Gasteiger partial charge is 0.469 e. The first kappa shape index (κ1) is 29.9. The fourth-order valence-corrected chi connectivity index (χ4v) is 13.3. The highest BCUT2D eigenvalue weighted by molar-refractivity contribution is 6.70. The average Bonchev–Trinajstić information content (AvgIpc) is 3.23. The Kier molecular flexibility index (Phi) is 6.90. The molecule has 7 nitrogen and oxygen atoms in total. The lowest BCUT2D eigenvalue weighted by Crippen LogP contribution is -2.56. The van der Waals surface area contributed by atoms with Crippen LogP contribution in [0.1, 0.15) is 45.4 Å². The van der Waals surface area contributed by atoms with Gasteiger partial charge in [-0.1, -0.05) is 0 Å². The van der Waals surface area contributed by atoms with E-state index in [2.05, 4.69) is 58.9 Å². The van der Waals surface area contributed by atoms with E-state index in [1.165, 1.54) is 7.11 Å². The third-order valence-corrected chi connectivity index (χ3v) is 13.6. The number of methoxy groups -OCH3 is 1. The Labute approximate surface area is 238 Å². The SMILES string of the molecule is COC(=O)[C@H]1[C@@H]2C3(C)C(=O)O[C@]2(CC[C@@H]3O[Si](C)(C)C)[C@@H]2CCC3C[C@@]21C[C@@]3(CO[Si](C)(C)C)O[Si](C)(C)C. The number of carbonyl (C=O) groups excluding carboxylic acids is 2. The van der Waals surface area contributed by atoms with Gasteiger partial charge in [0.15, 0.2) is 25.0 Å². The summed E-state index contributed by atoms with van der Waals surface area (Å²) < 4.78 is 32.7. The highest BCUT2D eigenvalue weighted by atomic mass is 28.4. The molecule has 1 saturated heterocycles. The first-order chi connectivity index (χ1) is 17.7. The molecule has 4 aliphatic carbocycles. The van der Waals surface area contributed by atoms with Gasteiger partial charge in [-0.3, -0.25) is 9.59 Å². The van der Waals surface area contributed by atoms with Crippen molar-refractivity contribution in [3.8, 4) is 0 Å². The zero-order chi connectivity index (χ0) is 29.0. The monoisotopic (exact) mass is 596 g/mol. The number of ether oxygens (including phenoxy) is 2. The highest BCUT2D eigenvalue weighted by Crippen LogP contribution is 2.79. The maximum Gasteiger partial charge on any atom is 0.315 e. The second kappa shape index (κ2) is 8.99. The van der Waals surface area contributed by atoms with Crippen molar-refractivity contribution in [2.45, 2.75) is 122 Å². The Morgan fingerprint density at radius 2 is 1.64 bits per heavy atom. The Balaban J connectivity index is 1.64. The van der Waals surface area contributed by atoms with Crippen LogP contribution in [0.3, 0.4) is 0 Å². The van der Waals surface area contributed by atoms with E-state index in [0.717, 1.165) is 38.5 Å². The van der Waals surface area contributed by atoms with Crippen LogP contribution < -0.4 is 0 Å². The molecule has 2 unspecified atom stereocenters. The number of hydrogen-bond donors (Lipinski definition) is 0. The fourth-order valence-electron chi connectivity index (χ4n) is 9.86. The number of fused-ring (bicyclic) bond motifs is 1. The highest BCUT2D eigenvalue weighted by Gasteiger charge is 2.85. The van der Waals surface area contributed by atoms with Gasteiger partial charge in [-0.25, -0.2) is 0 Å². The smallest absolute Gasteiger partial charge is 0.315 e. The van der Waals surface area contributed by atoms with Crippen molar-refractivity contribution in [1.82, 2.24) is 0 Å². The van der Waals surface area contributed by atoms with E-state index in [-0.39, 0.29) is 35.3 Å². The first-order valence-electron chi connectivity index (χ1n) is 15.1. The Hall–Kier alpha value is -0.529. The van der Waals surface area contributed by atoms with Crippen molar-refractivity contribution < 1.29 is 32.3 Å². The molecular weight excluding hydrogens is 545 g/mol. The van der Waals surface area contributed by atoms with Crippen molar-refractivity contribution in [2.75, 3.05) is 13.7 Å². The van der Waals surface area contributed by atoms with E-state index in [1.807, 2.05) is 6.92 Å². The van der Waals surface area contributed by atoms with E-state index in [1.54, 1.807) is 0 Å². The zero-order valence-corrected chi connectivity index (χ0v) is 29.2. The summed E-state index contributed by atoms with van der Waals surface area (Å²) in [5.41, 5.74) is -2.25. The van der Waals surface area contributed by atoms with Crippen LogP contribution in [0.5, 0.6) is 0 Å². The number of rotatable bonds is 8. The molecule has 1 aliphatic heterocycles. The van der Waals surface area contributed by atoms with E-state index in [0.29, 0.717) is 12.5 Å². The number of hydrogen-bond acceptors (Lipinski definition) is 7. The van der Waals surface area contributed by atoms with Crippen LogP contribution in [0.25, 0.3) is 0 Å². The molecule has 9 atom stereocenters. The van der Waals surface area contributed by atoms with Crippen LogP contribution in [0.2, 0.25) is 58.9 Å². The lowest BCUT2D eigenvalue weighted by molar-refractivity contribution is -0.163. The van der Waals surface area contributed by atoms with Crippen LogP contribution in [0.15, 0.2) is 0 Å². The minimum Gasteiger partial charge on any atom is -0.469 e. The molecule has 1 heterocycles. The molecule has 5 aliphatic rings. The predicted molar refractivity (Wildman–Crippen MR) is 158 cm³/mol. The molecule has 1 spiro atoms. The van der Waals surface area contributed by atoms with Gasteiger partial charge in [0.25, 0.3) is 0 Å². The summed E-state index contributed by atoms with van der Waals surface area (Å²) in [6.45, 7) is 22.6. The van der Waals surface area contributed by atoms with Gasteiger partial charge in [0.2, 0.25) is 0 Å². The van der Waals surface area contributed by atoms with Gasteiger partial charge in [0.1, 0.15) is 5.60 Å². The number of esters is 2. The zero-order valence-electron chi connectivity index (χ0n) is 26.2. The maximum atomic E-state index is 14.0. The maximum absolute atomic E-state index is 14.0. The minimum absolute atomic E-state index is 0.118. The molecule has 39 heavy (non-hydrogen) atoms. The predicted octanol–water partition coefficient (Wildman–Crippen LogP) is 5.97. The lowest BCUT2D eigenvalue weighted by atomic mass is 9.59. The van der Waals surface area contributed by atoms with Gasteiger partial charge >= 0.3 is 11.9 Å². The standard InChI is InChI=1S/C29H52O7Si3/c1-26-21(35-38(6,7)8)14-15-29(34-25(26)31)20-13-12-19-16-27(20,22(23(26)29)24(30)32-2)17-28(19,36-39(9,10)11)18-33-37(3,4)5/h19-23H,12-18H2,1-11H3/t19?,20-,21+,22-,23-,26?,27-,28+,29-/m1/s1. The van der Waals surface area contributed by atoms with Gasteiger partial charge in [-0.2, -0.15) is 0 Å². The summed E-state index contributed by atoms with van der Waals surface area (Å²) in [5.74, 6) is -0.600. The van der Waals surface area contributed by atoms with Crippen molar-refractivity contribution in [1.29, 1.82) is 0 Å². The van der Waals surface area contributed by atoms with Crippen LogP contribution in [0, 0.1) is 34.5 Å². The third kappa shape index (κ3) is 4.49. The van der Waals surface area contributed by atoms with Gasteiger partial charge in [-0.15, -0.1) is 0 Å². The molecular formula is C29H52O7Si3. The van der Waals surface area contributed by atoms with Gasteiger partial charge in [0, 0.05) is 11.8 Å². The third-order valence-electron chi connectivity index (χ3n) is 10.6. The molecule has 5 fully saturated rings. The van der Waals surface area contributed by atoms with Gasteiger partial charge in [-0.05, 0) is 116 Å². The van der Waals surface area contributed by atoms with Crippen molar-refractivity contribution in [3.63, 3.8) is 0 Å². The van der Waals surface area contributed by atoms with Crippen molar-refractivity contribution >= 4 is 36.9 Å². The summed E-state index contributed by atoms with van der Waals surface area (Å²) in [5, 5.41) is 0. The molecule has 0 aromatic carbocycles. The second-order valence-corrected chi connectivity index (χ2v) is 29.9. The van der Waals surface area contributed by atoms with Crippen LogP contribution in [-0.4, -0.2) is 67.9 Å². The molecule has 222 valence electrons. The number of carbonyl (C=O) groups is 2. The summed E-state index contributed by atoms with van der Waals surface area (Å²) >= 11 is 0. The van der Waals surface area contributed by atoms with E-state index < -0.39 is 47.5 Å². The summed E-state index contributed by atoms with van der Waals surface area (Å²) in [7, 11) is -4.22. The summed E-state index contributed by atoms with van der Waals surface area (Å²) in [6.07, 6.45) is 4.95. The lowest BCUT2D eigenvalue weighted by Gasteiger charge is -2.47. The van der Waals surface area contributed by atoms with Gasteiger partial charge in [0.05, 0.1) is 36.8 Å².